The van der Waals surface area contributed by atoms with E-state index in [2.05, 4.69) is 10.7 Å². The molecule has 3 nitrogen and oxygen atoms in total. The van der Waals surface area contributed by atoms with Crippen molar-refractivity contribution in [3.63, 3.8) is 0 Å². The zero-order valence-corrected chi connectivity index (χ0v) is 13.6. The first-order chi connectivity index (χ1) is 11.6. The van der Waals surface area contributed by atoms with Gasteiger partial charge in [0.1, 0.15) is 5.82 Å². The number of benzene rings is 2. The molecule has 2 N–H and O–H groups in total. The number of hydrogen-bond acceptors (Lipinski definition) is 3. The van der Waals surface area contributed by atoms with Gasteiger partial charge in [0, 0.05) is 6.54 Å². The molecule has 24 heavy (non-hydrogen) atoms. The molecule has 122 valence electrons. The number of aliphatic hydroxyl groups excluding tert-OH is 1. The van der Waals surface area contributed by atoms with Crippen LogP contribution in [0.15, 0.2) is 65.4 Å². The lowest BCUT2D eigenvalue weighted by Gasteiger charge is -2.13. The van der Waals surface area contributed by atoms with Crippen molar-refractivity contribution in [2.75, 3.05) is 6.54 Å². The molecular formula is C19H16FNO2S. The van der Waals surface area contributed by atoms with Crippen molar-refractivity contribution in [2.24, 2.45) is 0 Å². The van der Waals surface area contributed by atoms with E-state index in [1.54, 1.807) is 17.4 Å². The van der Waals surface area contributed by atoms with Crippen LogP contribution in [0.2, 0.25) is 0 Å². The molecular weight excluding hydrogens is 325 g/mol. The zero-order chi connectivity index (χ0) is 16.9. The van der Waals surface area contributed by atoms with Crippen molar-refractivity contribution in [3.05, 3.63) is 82.3 Å². The Labute approximate surface area is 143 Å². The largest absolute Gasteiger partial charge is 0.387 e. The van der Waals surface area contributed by atoms with Gasteiger partial charge in [0.25, 0.3) is 5.91 Å². The molecule has 3 aromatic rings. The summed E-state index contributed by atoms with van der Waals surface area (Å²) in [4.78, 5) is 11.9. The predicted octanol–water partition coefficient (Wildman–Crippen LogP) is 4.02. The quantitative estimate of drug-likeness (QED) is 0.736. The maximum absolute atomic E-state index is 13.5. The molecule has 1 atom stereocenters. The first kappa shape index (κ1) is 16.4. The number of halogens is 1. The number of nitrogens with one attached hydrogen (secondary N) is 1. The van der Waals surface area contributed by atoms with E-state index in [4.69, 9.17) is 0 Å². The van der Waals surface area contributed by atoms with Gasteiger partial charge in [0.05, 0.1) is 11.7 Å². The van der Waals surface area contributed by atoms with Crippen LogP contribution in [-0.4, -0.2) is 17.6 Å². The maximum atomic E-state index is 13.5. The van der Waals surface area contributed by atoms with E-state index >= 15 is 0 Å². The lowest BCUT2D eigenvalue weighted by Crippen LogP contribution is -2.29. The summed E-state index contributed by atoms with van der Waals surface area (Å²) in [5, 5.41) is 16.8. The number of carbonyl (C=O) groups is 1. The van der Waals surface area contributed by atoms with Gasteiger partial charge >= 0.3 is 0 Å². The number of thiophene rings is 1. The topological polar surface area (TPSA) is 49.3 Å². The summed E-state index contributed by atoms with van der Waals surface area (Å²) in [6, 6.07) is 15.3. The minimum absolute atomic E-state index is 0.0188. The Balaban J connectivity index is 1.62. The van der Waals surface area contributed by atoms with E-state index in [-0.39, 0.29) is 12.1 Å². The first-order valence-electron chi connectivity index (χ1n) is 7.48. The molecule has 5 heteroatoms. The molecule has 0 saturated carbocycles. The SMILES string of the molecule is O=C(NC[C@H](O)c1ccc(-c2ccsc2)cc1)c1ccccc1F. The summed E-state index contributed by atoms with van der Waals surface area (Å²) >= 11 is 1.63. The van der Waals surface area contributed by atoms with Crippen LogP contribution < -0.4 is 5.32 Å². The van der Waals surface area contributed by atoms with Crippen LogP contribution in [0.4, 0.5) is 4.39 Å². The van der Waals surface area contributed by atoms with Crippen molar-refractivity contribution in [2.45, 2.75) is 6.10 Å². The maximum Gasteiger partial charge on any atom is 0.254 e. The second-order valence-electron chi connectivity index (χ2n) is 5.34. The van der Waals surface area contributed by atoms with E-state index in [9.17, 15) is 14.3 Å². The number of aliphatic hydroxyl groups is 1. The molecule has 0 bridgehead atoms. The van der Waals surface area contributed by atoms with Gasteiger partial charge in [0.2, 0.25) is 0 Å². The third-order valence-corrected chi connectivity index (χ3v) is 4.41. The van der Waals surface area contributed by atoms with Crippen molar-refractivity contribution >= 4 is 17.2 Å². The van der Waals surface area contributed by atoms with E-state index in [0.717, 1.165) is 11.1 Å². The summed E-state index contributed by atoms with van der Waals surface area (Å²) in [5.74, 6) is -1.12. The lowest BCUT2D eigenvalue weighted by atomic mass is 10.0. The van der Waals surface area contributed by atoms with E-state index in [1.165, 1.54) is 18.2 Å². The Morgan fingerprint density at radius 3 is 2.50 bits per heavy atom. The van der Waals surface area contributed by atoms with Gasteiger partial charge in [-0.05, 0) is 45.6 Å². The summed E-state index contributed by atoms with van der Waals surface area (Å²) in [6.07, 6.45) is -0.850. The Kier molecular flexibility index (Phi) is 5.03. The summed E-state index contributed by atoms with van der Waals surface area (Å²) in [7, 11) is 0. The molecule has 0 spiro atoms. The third-order valence-electron chi connectivity index (χ3n) is 3.72. The highest BCUT2D eigenvalue weighted by Crippen LogP contribution is 2.24. The second kappa shape index (κ2) is 7.38. The minimum atomic E-state index is -0.850. The number of carbonyl (C=O) groups excluding carboxylic acids is 1. The normalized spacial score (nSPS) is 11.9. The van der Waals surface area contributed by atoms with Crippen molar-refractivity contribution < 1.29 is 14.3 Å². The summed E-state index contributed by atoms with van der Waals surface area (Å²) < 4.78 is 13.5. The molecule has 0 unspecified atom stereocenters. The van der Waals surface area contributed by atoms with Gasteiger partial charge in [-0.25, -0.2) is 4.39 Å². The monoisotopic (exact) mass is 341 g/mol. The summed E-state index contributed by atoms with van der Waals surface area (Å²) in [5.41, 5.74) is 2.87. The predicted molar refractivity (Wildman–Crippen MR) is 93.4 cm³/mol. The zero-order valence-electron chi connectivity index (χ0n) is 12.8. The van der Waals surface area contributed by atoms with Crippen LogP contribution in [0.3, 0.4) is 0 Å². The molecule has 1 aromatic heterocycles. The molecule has 0 aliphatic carbocycles. The van der Waals surface area contributed by atoms with Crippen molar-refractivity contribution in [1.82, 2.24) is 5.32 Å². The van der Waals surface area contributed by atoms with Gasteiger partial charge in [-0.15, -0.1) is 0 Å². The van der Waals surface area contributed by atoms with Crippen molar-refractivity contribution in [3.8, 4) is 11.1 Å². The fourth-order valence-corrected chi connectivity index (χ4v) is 3.04. The summed E-state index contributed by atoms with van der Waals surface area (Å²) in [6.45, 7) is 0.0188. The van der Waals surface area contributed by atoms with Gasteiger partial charge < -0.3 is 10.4 Å². The van der Waals surface area contributed by atoms with Crippen molar-refractivity contribution in [1.29, 1.82) is 0 Å². The smallest absolute Gasteiger partial charge is 0.254 e. The van der Waals surface area contributed by atoms with Crippen LogP contribution in [0.25, 0.3) is 11.1 Å². The number of rotatable bonds is 5. The molecule has 1 amide bonds. The highest BCUT2D eigenvalue weighted by atomic mass is 32.1. The van der Waals surface area contributed by atoms with Crippen LogP contribution in [0.1, 0.15) is 22.0 Å². The van der Waals surface area contributed by atoms with Crippen LogP contribution >= 0.6 is 11.3 Å². The van der Waals surface area contributed by atoms with Crippen LogP contribution in [0, 0.1) is 5.82 Å². The molecule has 0 aliphatic rings. The van der Waals surface area contributed by atoms with Crippen LogP contribution in [-0.2, 0) is 0 Å². The lowest BCUT2D eigenvalue weighted by molar-refractivity contribution is 0.0912. The molecule has 0 saturated heterocycles. The molecule has 0 aliphatic heterocycles. The first-order valence-corrected chi connectivity index (χ1v) is 8.43. The second-order valence-corrected chi connectivity index (χ2v) is 6.12. The fourth-order valence-electron chi connectivity index (χ4n) is 2.37. The Hall–Kier alpha value is -2.50. The van der Waals surface area contributed by atoms with Gasteiger partial charge in [-0.3, -0.25) is 4.79 Å². The fraction of sp³-hybridized carbons (Fsp3) is 0.105. The highest BCUT2D eigenvalue weighted by Gasteiger charge is 2.13. The standard InChI is InChI=1S/C19H16FNO2S/c20-17-4-2-1-3-16(17)19(23)21-11-18(22)14-7-5-13(6-8-14)15-9-10-24-12-15/h1-10,12,18,22H,11H2,(H,21,23)/t18-/m0/s1. The molecule has 1 heterocycles. The van der Waals surface area contributed by atoms with E-state index < -0.39 is 17.8 Å². The number of amides is 1. The van der Waals surface area contributed by atoms with E-state index in [0.29, 0.717) is 5.56 Å². The number of hydrogen-bond donors (Lipinski definition) is 2. The molecule has 3 rings (SSSR count). The molecule has 0 fully saturated rings. The Morgan fingerprint density at radius 2 is 1.83 bits per heavy atom. The molecule has 0 radical (unpaired) electrons. The van der Waals surface area contributed by atoms with Gasteiger partial charge in [-0.2, -0.15) is 11.3 Å². The Morgan fingerprint density at radius 1 is 1.08 bits per heavy atom. The average Bonchev–Trinajstić information content (AvgIpc) is 3.14. The third kappa shape index (κ3) is 3.69. The van der Waals surface area contributed by atoms with E-state index in [1.807, 2.05) is 35.7 Å². The Bertz CT molecular complexity index is 816. The van der Waals surface area contributed by atoms with Gasteiger partial charge in [0.15, 0.2) is 0 Å². The molecule has 2 aromatic carbocycles. The van der Waals surface area contributed by atoms with Crippen LogP contribution in [0.5, 0.6) is 0 Å². The average molecular weight is 341 g/mol. The minimum Gasteiger partial charge on any atom is -0.387 e. The van der Waals surface area contributed by atoms with Gasteiger partial charge in [-0.1, -0.05) is 36.4 Å². The highest BCUT2D eigenvalue weighted by molar-refractivity contribution is 7.08.